The van der Waals surface area contributed by atoms with E-state index in [0.717, 1.165) is 12.8 Å². The van der Waals surface area contributed by atoms with Crippen LogP contribution in [0.5, 0.6) is 0 Å². The number of nitrogens with two attached hydrogens (primary N) is 1. The van der Waals surface area contributed by atoms with Crippen molar-refractivity contribution in [1.82, 2.24) is 0 Å². The fourth-order valence-corrected chi connectivity index (χ4v) is 3.20. The van der Waals surface area contributed by atoms with Gasteiger partial charge in [-0.1, -0.05) is 25.7 Å². The van der Waals surface area contributed by atoms with Gasteiger partial charge in [0.2, 0.25) is 0 Å². The van der Waals surface area contributed by atoms with Crippen LogP contribution in [-0.2, 0) is 4.79 Å². The van der Waals surface area contributed by atoms with Crippen molar-refractivity contribution in [2.75, 3.05) is 0 Å². The van der Waals surface area contributed by atoms with Crippen LogP contribution in [0.2, 0.25) is 0 Å². The molecule has 2 saturated carbocycles. The minimum atomic E-state index is -0.693. The molecule has 3 heteroatoms. The molecule has 2 fully saturated rings. The zero-order valence-corrected chi connectivity index (χ0v) is 8.48. The summed E-state index contributed by atoms with van der Waals surface area (Å²) >= 11 is 0. The first-order chi connectivity index (χ1) is 6.68. The Morgan fingerprint density at radius 2 is 1.71 bits per heavy atom. The third kappa shape index (κ3) is 1.78. The lowest BCUT2D eigenvalue weighted by atomic mass is 9.66. The summed E-state index contributed by atoms with van der Waals surface area (Å²) in [5.74, 6) is 0.384. The summed E-state index contributed by atoms with van der Waals surface area (Å²) in [6.45, 7) is 0. The number of hydrogen-bond acceptors (Lipinski definition) is 2. The molecule has 2 aliphatic rings. The molecule has 2 rings (SSSR count). The molecule has 14 heavy (non-hydrogen) atoms. The van der Waals surface area contributed by atoms with Crippen molar-refractivity contribution in [3.05, 3.63) is 0 Å². The number of aliphatic carboxylic acids is 1. The predicted molar refractivity (Wildman–Crippen MR) is 53.8 cm³/mol. The smallest absolute Gasteiger partial charge is 0.308 e. The summed E-state index contributed by atoms with van der Waals surface area (Å²) in [5.41, 5.74) is 5.91. The Labute approximate surface area is 84.7 Å². The number of fused-ring (bicyclic) bond motifs is 1. The minimum Gasteiger partial charge on any atom is -0.481 e. The van der Waals surface area contributed by atoms with Crippen molar-refractivity contribution in [3.8, 4) is 0 Å². The Hall–Kier alpha value is -0.570. The van der Waals surface area contributed by atoms with Crippen LogP contribution in [0.1, 0.15) is 38.5 Å². The van der Waals surface area contributed by atoms with Gasteiger partial charge in [-0.15, -0.1) is 0 Å². The summed E-state index contributed by atoms with van der Waals surface area (Å²) in [7, 11) is 0. The van der Waals surface area contributed by atoms with Crippen molar-refractivity contribution in [2.45, 2.75) is 44.6 Å². The minimum absolute atomic E-state index is 0.105. The van der Waals surface area contributed by atoms with Gasteiger partial charge < -0.3 is 10.8 Å². The molecule has 0 radical (unpaired) electrons. The lowest BCUT2D eigenvalue weighted by molar-refractivity contribution is -0.144. The average molecular weight is 197 g/mol. The van der Waals surface area contributed by atoms with E-state index in [1.807, 2.05) is 0 Å². The molecule has 0 amide bonds. The Morgan fingerprint density at radius 3 is 2.29 bits per heavy atom. The van der Waals surface area contributed by atoms with Gasteiger partial charge in [0.05, 0.1) is 5.92 Å². The molecular weight excluding hydrogens is 178 g/mol. The first-order valence-corrected chi connectivity index (χ1v) is 5.67. The molecule has 0 aliphatic heterocycles. The van der Waals surface area contributed by atoms with E-state index in [1.165, 1.54) is 25.7 Å². The molecule has 3 nitrogen and oxygen atoms in total. The van der Waals surface area contributed by atoms with Crippen molar-refractivity contribution >= 4 is 5.97 Å². The second kappa shape index (κ2) is 3.89. The first kappa shape index (κ1) is 9.97. The number of rotatable bonds is 1. The average Bonchev–Trinajstić information content (AvgIpc) is 2.16. The fraction of sp³-hybridized carbons (Fsp3) is 0.909. The molecule has 0 aromatic rings. The first-order valence-electron chi connectivity index (χ1n) is 5.67. The largest absolute Gasteiger partial charge is 0.481 e. The van der Waals surface area contributed by atoms with Gasteiger partial charge in [-0.3, -0.25) is 4.79 Å². The summed E-state index contributed by atoms with van der Waals surface area (Å²) in [6, 6.07) is -0.105. The normalized spacial score (nSPS) is 42.9. The lowest BCUT2D eigenvalue weighted by Crippen LogP contribution is -2.45. The van der Waals surface area contributed by atoms with Crippen LogP contribution in [0.15, 0.2) is 0 Å². The molecule has 0 bridgehead atoms. The Morgan fingerprint density at radius 1 is 1.14 bits per heavy atom. The van der Waals surface area contributed by atoms with E-state index < -0.39 is 5.97 Å². The quantitative estimate of drug-likeness (QED) is 0.671. The molecular formula is C11H19NO2. The zero-order valence-electron chi connectivity index (χ0n) is 8.48. The Balaban J connectivity index is 2.03. The molecule has 80 valence electrons. The number of carboxylic acids is 1. The van der Waals surface area contributed by atoms with Crippen molar-refractivity contribution < 1.29 is 9.90 Å². The van der Waals surface area contributed by atoms with Crippen molar-refractivity contribution in [2.24, 2.45) is 23.5 Å². The maximum Gasteiger partial charge on any atom is 0.308 e. The molecule has 0 heterocycles. The second-order valence-corrected chi connectivity index (χ2v) is 4.88. The highest BCUT2D eigenvalue weighted by Crippen LogP contribution is 2.42. The van der Waals surface area contributed by atoms with Crippen LogP contribution in [0.4, 0.5) is 0 Å². The summed E-state index contributed by atoms with van der Waals surface area (Å²) in [5, 5.41) is 9.02. The standard InChI is InChI=1S/C11H19NO2/c12-10-6-8-4-2-1-3-7(8)5-9(10)11(13)14/h7-10H,1-6,12H2,(H,13,14). The van der Waals surface area contributed by atoms with E-state index >= 15 is 0 Å². The topological polar surface area (TPSA) is 63.3 Å². The van der Waals surface area contributed by atoms with Gasteiger partial charge in [0.15, 0.2) is 0 Å². The Kier molecular flexibility index (Phi) is 2.77. The van der Waals surface area contributed by atoms with E-state index in [9.17, 15) is 4.79 Å². The van der Waals surface area contributed by atoms with E-state index in [2.05, 4.69) is 0 Å². The molecule has 0 spiro atoms. The van der Waals surface area contributed by atoms with Crippen LogP contribution >= 0.6 is 0 Å². The van der Waals surface area contributed by atoms with Crippen molar-refractivity contribution in [3.63, 3.8) is 0 Å². The molecule has 0 aromatic carbocycles. The maximum absolute atomic E-state index is 11.0. The second-order valence-electron chi connectivity index (χ2n) is 4.88. The van der Waals surface area contributed by atoms with Crippen LogP contribution in [-0.4, -0.2) is 17.1 Å². The summed E-state index contributed by atoms with van der Waals surface area (Å²) in [4.78, 5) is 11.0. The van der Waals surface area contributed by atoms with Crippen LogP contribution in [0.3, 0.4) is 0 Å². The van der Waals surface area contributed by atoms with Crippen LogP contribution in [0.25, 0.3) is 0 Å². The monoisotopic (exact) mass is 197 g/mol. The highest BCUT2D eigenvalue weighted by Gasteiger charge is 2.39. The van der Waals surface area contributed by atoms with Crippen LogP contribution < -0.4 is 5.73 Å². The number of carboxylic acid groups (broad SMARTS) is 1. The van der Waals surface area contributed by atoms with E-state index in [4.69, 9.17) is 10.8 Å². The van der Waals surface area contributed by atoms with Gasteiger partial charge >= 0.3 is 5.97 Å². The van der Waals surface area contributed by atoms with E-state index in [1.54, 1.807) is 0 Å². The molecule has 4 atom stereocenters. The molecule has 2 aliphatic carbocycles. The lowest BCUT2D eigenvalue weighted by Gasteiger charge is -2.41. The summed E-state index contributed by atoms with van der Waals surface area (Å²) in [6.07, 6.45) is 6.84. The van der Waals surface area contributed by atoms with E-state index in [0.29, 0.717) is 11.8 Å². The van der Waals surface area contributed by atoms with Gasteiger partial charge in [-0.05, 0) is 24.7 Å². The molecule has 3 N–H and O–H groups in total. The highest BCUT2D eigenvalue weighted by atomic mass is 16.4. The fourth-order valence-electron chi connectivity index (χ4n) is 3.20. The number of hydrogen-bond donors (Lipinski definition) is 2. The zero-order chi connectivity index (χ0) is 10.1. The van der Waals surface area contributed by atoms with Gasteiger partial charge in [-0.25, -0.2) is 0 Å². The van der Waals surface area contributed by atoms with Crippen molar-refractivity contribution in [1.29, 1.82) is 0 Å². The molecule has 4 unspecified atom stereocenters. The molecule has 0 saturated heterocycles. The maximum atomic E-state index is 11.0. The van der Waals surface area contributed by atoms with Gasteiger partial charge in [0, 0.05) is 6.04 Å². The third-order valence-electron chi connectivity index (χ3n) is 4.03. The van der Waals surface area contributed by atoms with Gasteiger partial charge in [0.1, 0.15) is 0 Å². The third-order valence-corrected chi connectivity index (χ3v) is 4.03. The molecule has 0 aromatic heterocycles. The number of carbonyl (C=O) groups is 1. The summed E-state index contributed by atoms with van der Waals surface area (Å²) < 4.78 is 0. The highest BCUT2D eigenvalue weighted by molar-refractivity contribution is 5.71. The van der Waals surface area contributed by atoms with Crippen LogP contribution in [0, 0.1) is 17.8 Å². The Bertz CT molecular complexity index is 229. The van der Waals surface area contributed by atoms with Gasteiger partial charge in [0.25, 0.3) is 0 Å². The van der Waals surface area contributed by atoms with E-state index in [-0.39, 0.29) is 12.0 Å². The predicted octanol–water partition coefficient (Wildman–Crippen LogP) is 1.61. The van der Waals surface area contributed by atoms with Gasteiger partial charge in [-0.2, -0.15) is 0 Å². The SMILES string of the molecule is NC1CC2CCCCC2CC1C(=O)O.